The molecule has 0 saturated heterocycles. The van der Waals surface area contributed by atoms with E-state index in [9.17, 15) is 15.5 Å². The van der Waals surface area contributed by atoms with Crippen LogP contribution in [0.1, 0.15) is 71.6 Å². The standard InChI is InChI=1S/C20H31NO2/c1-18-8-5-14(22)11-13(18)3-4-15-16(18)6-9-19(2)17(15)7-10-20(19,23)12-21/h13-17,22-23H,3-11H2,1-2H3/t13-,14-,15+,16+,17-,18-,19-,20-/m0/s1. The second-order valence-corrected chi connectivity index (χ2v) is 9.55. The van der Waals surface area contributed by atoms with Gasteiger partial charge in [0.1, 0.15) is 0 Å². The van der Waals surface area contributed by atoms with E-state index in [0.29, 0.717) is 29.6 Å². The lowest BCUT2D eigenvalue weighted by Gasteiger charge is -2.61. The first-order valence-electron chi connectivity index (χ1n) is 9.66. The second-order valence-electron chi connectivity index (χ2n) is 9.55. The lowest BCUT2D eigenvalue weighted by Crippen LogP contribution is -2.56. The van der Waals surface area contributed by atoms with Crippen LogP contribution >= 0.6 is 0 Å². The maximum Gasteiger partial charge on any atom is 0.156 e. The van der Waals surface area contributed by atoms with Crippen molar-refractivity contribution in [1.29, 1.82) is 5.26 Å². The Morgan fingerprint density at radius 1 is 0.957 bits per heavy atom. The lowest BCUT2D eigenvalue weighted by molar-refractivity contribution is -0.145. The Balaban J connectivity index is 1.65. The van der Waals surface area contributed by atoms with Gasteiger partial charge < -0.3 is 10.2 Å². The minimum absolute atomic E-state index is 0.0892. The molecule has 0 aromatic carbocycles. The molecule has 3 heteroatoms. The van der Waals surface area contributed by atoms with Crippen LogP contribution in [0.15, 0.2) is 0 Å². The van der Waals surface area contributed by atoms with Gasteiger partial charge in [0, 0.05) is 5.41 Å². The Morgan fingerprint density at radius 3 is 2.43 bits per heavy atom. The molecule has 128 valence electrons. The van der Waals surface area contributed by atoms with Crippen molar-refractivity contribution in [2.24, 2.45) is 34.5 Å². The topological polar surface area (TPSA) is 64.2 Å². The number of aliphatic hydroxyl groups excluding tert-OH is 1. The highest BCUT2D eigenvalue weighted by molar-refractivity contribution is 5.20. The molecule has 4 aliphatic rings. The number of hydrogen-bond acceptors (Lipinski definition) is 3. The molecule has 3 nitrogen and oxygen atoms in total. The molecule has 4 rings (SSSR count). The minimum atomic E-state index is -1.11. The SMILES string of the molecule is C[C@]12CC[C@H](O)C[C@@H]1CC[C@@H]1[C@H]2CC[C@@]2(C)[C@H]1CC[C@]2(O)C#N. The normalized spacial score (nSPS) is 58.7. The van der Waals surface area contributed by atoms with Crippen molar-refractivity contribution in [3.8, 4) is 6.07 Å². The van der Waals surface area contributed by atoms with Gasteiger partial charge in [-0.2, -0.15) is 5.26 Å². The van der Waals surface area contributed by atoms with E-state index in [-0.39, 0.29) is 11.5 Å². The van der Waals surface area contributed by atoms with E-state index in [1.807, 2.05) is 0 Å². The average Bonchev–Trinajstić information content (AvgIpc) is 2.80. The van der Waals surface area contributed by atoms with Crippen molar-refractivity contribution < 1.29 is 10.2 Å². The average molecular weight is 317 g/mol. The molecule has 8 atom stereocenters. The molecule has 0 aromatic rings. The molecule has 4 saturated carbocycles. The van der Waals surface area contributed by atoms with Crippen LogP contribution in [-0.2, 0) is 0 Å². The van der Waals surface area contributed by atoms with E-state index in [0.717, 1.165) is 44.4 Å². The number of aliphatic hydroxyl groups is 2. The summed E-state index contributed by atoms with van der Waals surface area (Å²) in [5, 5.41) is 30.5. The minimum Gasteiger partial charge on any atom is -0.393 e. The van der Waals surface area contributed by atoms with Crippen LogP contribution in [0.3, 0.4) is 0 Å². The van der Waals surface area contributed by atoms with Gasteiger partial charge in [-0.25, -0.2) is 0 Å². The zero-order valence-electron chi connectivity index (χ0n) is 14.6. The molecule has 23 heavy (non-hydrogen) atoms. The molecular formula is C20H31NO2. The fourth-order valence-corrected chi connectivity index (χ4v) is 7.44. The first kappa shape index (κ1) is 15.9. The van der Waals surface area contributed by atoms with Crippen LogP contribution in [-0.4, -0.2) is 21.9 Å². The monoisotopic (exact) mass is 317 g/mol. The summed E-state index contributed by atoms with van der Waals surface area (Å²) in [6, 6.07) is 2.27. The summed E-state index contributed by atoms with van der Waals surface area (Å²) in [5.74, 6) is 2.59. The molecule has 0 aromatic heterocycles. The van der Waals surface area contributed by atoms with Gasteiger partial charge in [-0.15, -0.1) is 0 Å². The van der Waals surface area contributed by atoms with Gasteiger partial charge in [0.05, 0.1) is 12.2 Å². The molecule has 0 radical (unpaired) electrons. The van der Waals surface area contributed by atoms with Gasteiger partial charge in [0.2, 0.25) is 0 Å². The number of rotatable bonds is 0. The molecular weight excluding hydrogens is 286 g/mol. The van der Waals surface area contributed by atoms with Crippen LogP contribution in [0.25, 0.3) is 0 Å². The largest absolute Gasteiger partial charge is 0.393 e. The molecule has 0 spiro atoms. The third kappa shape index (κ3) is 1.94. The molecule has 4 aliphatic carbocycles. The lowest BCUT2D eigenvalue weighted by atomic mass is 9.44. The highest BCUT2D eigenvalue weighted by atomic mass is 16.3. The van der Waals surface area contributed by atoms with E-state index in [2.05, 4.69) is 19.9 Å². The van der Waals surface area contributed by atoms with E-state index in [1.165, 1.54) is 12.8 Å². The summed E-state index contributed by atoms with van der Waals surface area (Å²) in [7, 11) is 0. The maximum absolute atomic E-state index is 10.9. The summed E-state index contributed by atoms with van der Waals surface area (Å²) in [6.07, 6.45) is 9.31. The smallest absolute Gasteiger partial charge is 0.156 e. The summed E-state index contributed by atoms with van der Waals surface area (Å²) < 4.78 is 0. The van der Waals surface area contributed by atoms with Gasteiger partial charge in [0.25, 0.3) is 0 Å². The Labute approximate surface area is 140 Å². The second kappa shape index (κ2) is 4.96. The van der Waals surface area contributed by atoms with Crippen LogP contribution in [0.4, 0.5) is 0 Å². The Morgan fingerprint density at radius 2 is 1.70 bits per heavy atom. The highest BCUT2D eigenvalue weighted by Gasteiger charge is 2.64. The Hall–Kier alpha value is -0.590. The van der Waals surface area contributed by atoms with E-state index in [1.54, 1.807) is 0 Å². The van der Waals surface area contributed by atoms with Crippen molar-refractivity contribution in [3.63, 3.8) is 0 Å². The predicted molar refractivity (Wildman–Crippen MR) is 88.3 cm³/mol. The number of hydrogen-bond donors (Lipinski definition) is 2. The van der Waals surface area contributed by atoms with Crippen LogP contribution in [0.5, 0.6) is 0 Å². The van der Waals surface area contributed by atoms with Gasteiger partial charge in [-0.1, -0.05) is 13.8 Å². The van der Waals surface area contributed by atoms with Crippen LogP contribution in [0, 0.1) is 45.8 Å². The van der Waals surface area contributed by atoms with Crippen molar-refractivity contribution in [3.05, 3.63) is 0 Å². The zero-order valence-corrected chi connectivity index (χ0v) is 14.6. The van der Waals surface area contributed by atoms with E-state index < -0.39 is 5.60 Å². The van der Waals surface area contributed by atoms with Gasteiger partial charge in [0.15, 0.2) is 5.60 Å². The van der Waals surface area contributed by atoms with Crippen molar-refractivity contribution in [2.45, 2.75) is 83.3 Å². The number of fused-ring (bicyclic) bond motifs is 5. The first-order valence-corrected chi connectivity index (χ1v) is 9.66. The first-order chi connectivity index (χ1) is 10.8. The van der Waals surface area contributed by atoms with Crippen molar-refractivity contribution in [2.75, 3.05) is 0 Å². The van der Waals surface area contributed by atoms with E-state index in [4.69, 9.17) is 0 Å². The summed E-state index contributed by atoms with van der Waals surface area (Å²) in [5.41, 5.74) is -0.944. The summed E-state index contributed by atoms with van der Waals surface area (Å²) >= 11 is 0. The molecule has 0 amide bonds. The third-order valence-corrected chi connectivity index (χ3v) is 8.97. The zero-order chi connectivity index (χ0) is 16.5. The Bertz CT molecular complexity index is 542. The summed E-state index contributed by atoms with van der Waals surface area (Å²) in [4.78, 5) is 0. The maximum atomic E-state index is 10.9. The predicted octanol–water partition coefficient (Wildman–Crippen LogP) is 3.64. The molecule has 4 fully saturated rings. The Kier molecular flexibility index (Phi) is 3.43. The van der Waals surface area contributed by atoms with Crippen LogP contribution in [0.2, 0.25) is 0 Å². The number of nitriles is 1. The quantitative estimate of drug-likeness (QED) is 0.670. The summed E-state index contributed by atoms with van der Waals surface area (Å²) in [6.45, 7) is 4.66. The highest BCUT2D eigenvalue weighted by Crippen LogP contribution is 2.68. The third-order valence-electron chi connectivity index (χ3n) is 8.97. The molecule has 2 N–H and O–H groups in total. The fourth-order valence-electron chi connectivity index (χ4n) is 7.44. The van der Waals surface area contributed by atoms with Gasteiger partial charge >= 0.3 is 0 Å². The molecule has 0 unspecified atom stereocenters. The molecule has 0 heterocycles. The molecule has 0 aliphatic heterocycles. The van der Waals surface area contributed by atoms with Crippen molar-refractivity contribution >= 4 is 0 Å². The van der Waals surface area contributed by atoms with Gasteiger partial charge in [-0.3, -0.25) is 0 Å². The van der Waals surface area contributed by atoms with Crippen LogP contribution < -0.4 is 0 Å². The van der Waals surface area contributed by atoms with E-state index >= 15 is 0 Å². The van der Waals surface area contributed by atoms with Gasteiger partial charge in [-0.05, 0) is 86.9 Å². The number of nitrogens with zero attached hydrogens (tertiary/aromatic N) is 1. The fraction of sp³-hybridized carbons (Fsp3) is 0.950. The van der Waals surface area contributed by atoms with Crippen molar-refractivity contribution in [1.82, 2.24) is 0 Å². The molecule has 0 bridgehead atoms.